The molecule has 0 aliphatic rings. The summed E-state index contributed by atoms with van der Waals surface area (Å²) in [5.74, 6) is -1.76. The minimum atomic E-state index is -0.735. The molecule has 0 aliphatic carbocycles. The molecule has 10 heteroatoms. The lowest BCUT2D eigenvalue weighted by Crippen LogP contribution is -2.22. The van der Waals surface area contributed by atoms with Crippen molar-refractivity contribution in [3.8, 4) is 5.69 Å². The van der Waals surface area contributed by atoms with Crippen molar-refractivity contribution in [3.05, 3.63) is 93.8 Å². The standard InChI is InChI=1S/C25H19F2N5O2S/c1-14-7-8-15(2)21(11-14)31-23(34)17-5-3-4-6-20(17)32-24(31)29-30-25(32)35-13-22(33)28-19-12-16(26)9-10-18(19)27/h3-12H,13H2,1-2H3,(H,28,33). The quantitative estimate of drug-likeness (QED) is 0.362. The number of carbonyl (C=O) groups is 1. The number of benzene rings is 3. The number of amides is 1. The SMILES string of the molecule is Cc1ccc(C)c(-n2c(=O)c3ccccc3n3c(SCC(=O)Nc4cc(F)ccc4F)nnc23)c1. The van der Waals surface area contributed by atoms with E-state index in [1.165, 1.54) is 4.57 Å². The average molecular weight is 492 g/mol. The first-order valence-electron chi connectivity index (χ1n) is 10.7. The number of anilines is 1. The Morgan fingerprint density at radius 2 is 1.83 bits per heavy atom. The van der Waals surface area contributed by atoms with Crippen molar-refractivity contribution in [2.24, 2.45) is 0 Å². The van der Waals surface area contributed by atoms with Gasteiger partial charge in [0.2, 0.25) is 11.7 Å². The molecule has 2 heterocycles. The van der Waals surface area contributed by atoms with Gasteiger partial charge in [0, 0.05) is 6.07 Å². The number of halogens is 2. The van der Waals surface area contributed by atoms with Crippen LogP contribution in [-0.2, 0) is 4.79 Å². The van der Waals surface area contributed by atoms with Gasteiger partial charge in [0.05, 0.1) is 28.0 Å². The third-order valence-electron chi connectivity index (χ3n) is 5.54. The average Bonchev–Trinajstić information content (AvgIpc) is 3.26. The molecule has 0 saturated carbocycles. The van der Waals surface area contributed by atoms with Gasteiger partial charge in [0.25, 0.3) is 5.56 Å². The van der Waals surface area contributed by atoms with Crippen LogP contribution in [0.1, 0.15) is 11.1 Å². The zero-order chi connectivity index (χ0) is 24.7. The van der Waals surface area contributed by atoms with E-state index in [0.717, 1.165) is 41.1 Å². The second-order valence-corrected chi connectivity index (χ2v) is 8.97. The van der Waals surface area contributed by atoms with Crippen molar-refractivity contribution < 1.29 is 13.6 Å². The summed E-state index contributed by atoms with van der Waals surface area (Å²) < 4.78 is 30.5. The summed E-state index contributed by atoms with van der Waals surface area (Å²) in [6.45, 7) is 3.85. The molecule has 35 heavy (non-hydrogen) atoms. The molecule has 0 fully saturated rings. The van der Waals surface area contributed by atoms with Crippen molar-refractivity contribution in [1.29, 1.82) is 0 Å². The Balaban J connectivity index is 1.57. The van der Waals surface area contributed by atoms with Gasteiger partial charge in [-0.2, -0.15) is 0 Å². The smallest absolute Gasteiger partial charge is 0.267 e. The summed E-state index contributed by atoms with van der Waals surface area (Å²) in [6, 6.07) is 15.7. The molecular weight excluding hydrogens is 472 g/mol. The van der Waals surface area contributed by atoms with Gasteiger partial charge in [-0.25, -0.2) is 13.3 Å². The third-order valence-corrected chi connectivity index (χ3v) is 6.46. The number of carbonyl (C=O) groups excluding carboxylic acids is 1. The molecular formula is C25H19F2N5O2S. The van der Waals surface area contributed by atoms with E-state index in [2.05, 4.69) is 15.5 Å². The molecule has 1 N–H and O–H groups in total. The van der Waals surface area contributed by atoms with E-state index in [9.17, 15) is 18.4 Å². The Morgan fingerprint density at radius 3 is 2.66 bits per heavy atom. The van der Waals surface area contributed by atoms with Crippen molar-refractivity contribution in [2.45, 2.75) is 19.0 Å². The van der Waals surface area contributed by atoms with Gasteiger partial charge in [-0.1, -0.05) is 36.0 Å². The molecule has 5 aromatic rings. The van der Waals surface area contributed by atoms with Crippen LogP contribution >= 0.6 is 11.8 Å². The fourth-order valence-electron chi connectivity index (χ4n) is 3.86. The van der Waals surface area contributed by atoms with Crippen LogP contribution in [-0.4, -0.2) is 30.8 Å². The molecule has 1 amide bonds. The fourth-order valence-corrected chi connectivity index (χ4v) is 4.60. The number of aryl methyl sites for hydroxylation is 2. The van der Waals surface area contributed by atoms with Gasteiger partial charge in [0.1, 0.15) is 11.6 Å². The maximum atomic E-state index is 13.9. The Kier molecular flexibility index (Phi) is 5.81. The number of nitrogens with zero attached hydrogens (tertiary/aromatic N) is 4. The molecule has 0 aliphatic heterocycles. The molecule has 3 aromatic carbocycles. The van der Waals surface area contributed by atoms with Crippen LogP contribution in [0.3, 0.4) is 0 Å². The van der Waals surface area contributed by atoms with Crippen molar-refractivity contribution in [2.75, 3.05) is 11.1 Å². The third kappa shape index (κ3) is 4.17. The number of nitrogens with one attached hydrogen (secondary N) is 1. The first-order valence-corrected chi connectivity index (χ1v) is 11.7. The highest BCUT2D eigenvalue weighted by Gasteiger charge is 2.20. The first-order chi connectivity index (χ1) is 16.8. The lowest BCUT2D eigenvalue weighted by Gasteiger charge is -2.14. The van der Waals surface area contributed by atoms with E-state index in [-0.39, 0.29) is 17.0 Å². The highest BCUT2D eigenvalue weighted by Crippen LogP contribution is 2.25. The van der Waals surface area contributed by atoms with Crippen LogP contribution in [0.15, 0.2) is 70.6 Å². The Labute approximate surface area is 202 Å². The van der Waals surface area contributed by atoms with Crippen LogP contribution in [0.5, 0.6) is 0 Å². The second kappa shape index (κ2) is 8.95. The van der Waals surface area contributed by atoms with Gasteiger partial charge in [-0.05, 0) is 55.3 Å². The molecule has 0 atom stereocenters. The molecule has 2 aromatic heterocycles. The van der Waals surface area contributed by atoms with Crippen molar-refractivity contribution >= 4 is 40.0 Å². The van der Waals surface area contributed by atoms with Gasteiger partial charge in [-0.15, -0.1) is 10.2 Å². The molecule has 0 unspecified atom stereocenters. The maximum Gasteiger partial charge on any atom is 0.267 e. The summed E-state index contributed by atoms with van der Waals surface area (Å²) >= 11 is 1.07. The van der Waals surface area contributed by atoms with Crippen LogP contribution in [0, 0.1) is 25.5 Å². The van der Waals surface area contributed by atoms with E-state index in [1.807, 2.05) is 32.0 Å². The van der Waals surface area contributed by atoms with Crippen LogP contribution < -0.4 is 10.9 Å². The van der Waals surface area contributed by atoms with Gasteiger partial charge in [0.15, 0.2) is 5.16 Å². The number of rotatable bonds is 5. The Bertz CT molecular complexity index is 1680. The number of para-hydroxylation sites is 1. The normalized spacial score (nSPS) is 11.3. The first kappa shape index (κ1) is 22.7. The van der Waals surface area contributed by atoms with Crippen molar-refractivity contribution in [1.82, 2.24) is 19.2 Å². The van der Waals surface area contributed by atoms with E-state index in [1.54, 1.807) is 28.7 Å². The summed E-state index contributed by atoms with van der Waals surface area (Å²) in [6.07, 6.45) is 0. The lowest BCUT2D eigenvalue weighted by atomic mass is 10.1. The number of aromatic nitrogens is 4. The lowest BCUT2D eigenvalue weighted by molar-refractivity contribution is -0.113. The Hall–Kier alpha value is -4.05. The van der Waals surface area contributed by atoms with Gasteiger partial charge < -0.3 is 5.32 Å². The van der Waals surface area contributed by atoms with Crippen LogP contribution in [0.4, 0.5) is 14.5 Å². The zero-order valence-corrected chi connectivity index (χ0v) is 19.6. The molecule has 0 bridgehead atoms. The van der Waals surface area contributed by atoms with E-state index in [4.69, 9.17) is 0 Å². The van der Waals surface area contributed by atoms with Gasteiger partial charge in [-0.3, -0.25) is 14.0 Å². The molecule has 176 valence electrons. The summed E-state index contributed by atoms with van der Waals surface area (Å²) in [7, 11) is 0. The fraction of sp³-hybridized carbons (Fsp3) is 0.120. The topological polar surface area (TPSA) is 81.3 Å². The molecule has 7 nitrogen and oxygen atoms in total. The molecule has 5 rings (SSSR count). The Morgan fingerprint density at radius 1 is 1.03 bits per heavy atom. The van der Waals surface area contributed by atoms with E-state index < -0.39 is 17.5 Å². The highest BCUT2D eigenvalue weighted by atomic mass is 32.2. The van der Waals surface area contributed by atoms with Crippen molar-refractivity contribution in [3.63, 3.8) is 0 Å². The number of thioether (sulfide) groups is 1. The monoisotopic (exact) mass is 491 g/mol. The van der Waals surface area contributed by atoms with Crippen LogP contribution in [0.2, 0.25) is 0 Å². The zero-order valence-electron chi connectivity index (χ0n) is 18.8. The number of hydrogen-bond donors (Lipinski definition) is 1. The summed E-state index contributed by atoms with van der Waals surface area (Å²) in [5, 5.41) is 11.7. The summed E-state index contributed by atoms with van der Waals surface area (Å²) in [5.41, 5.74) is 2.69. The second-order valence-electron chi connectivity index (χ2n) is 8.03. The van der Waals surface area contributed by atoms with Crippen LogP contribution in [0.25, 0.3) is 22.4 Å². The largest absolute Gasteiger partial charge is 0.323 e. The predicted octanol–water partition coefficient (Wildman–Crippen LogP) is 4.66. The van der Waals surface area contributed by atoms with E-state index in [0.29, 0.717) is 27.5 Å². The maximum absolute atomic E-state index is 13.9. The van der Waals surface area contributed by atoms with Gasteiger partial charge >= 0.3 is 0 Å². The molecule has 0 radical (unpaired) electrons. The minimum Gasteiger partial charge on any atom is -0.323 e. The number of fused-ring (bicyclic) bond motifs is 3. The predicted molar refractivity (Wildman–Crippen MR) is 131 cm³/mol. The number of hydrogen-bond acceptors (Lipinski definition) is 5. The summed E-state index contributed by atoms with van der Waals surface area (Å²) in [4.78, 5) is 26.0. The molecule has 0 saturated heterocycles. The minimum absolute atomic E-state index is 0.131. The molecule has 0 spiro atoms. The highest BCUT2D eigenvalue weighted by molar-refractivity contribution is 7.99. The van der Waals surface area contributed by atoms with E-state index >= 15 is 0 Å².